The fourth-order valence-corrected chi connectivity index (χ4v) is 4.23. The summed E-state index contributed by atoms with van der Waals surface area (Å²) in [7, 11) is 0. The molecule has 100 valence electrons. The largest absolute Gasteiger partial charge is 0.477 e. The molecule has 0 unspecified atom stereocenters. The lowest BCUT2D eigenvalue weighted by molar-refractivity contribution is 0.0702. The minimum atomic E-state index is -0.821. The molecule has 1 aliphatic heterocycles. The van der Waals surface area contributed by atoms with Crippen LogP contribution in [0.15, 0.2) is 17.5 Å². The third-order valence-corrected chi connectivity index (χ3v) is 5.62. The van der Waals surface area contributed by atoms with E-state index in [1.807, 2.05) is 24.3 Å². The second-order valence-electron chi connectivity index (χ2n) is 4.83. The average molecular weight is 293 g/mol. The van der Waals surface area contributed by atoms with Crippen molar-refractivity contribution in [2.24, 2.45) is 0 Å². The maximum atomic E-state index is 11.0. The molecule has 2 aromatic heterocycles. The van der Waals surface area contributed by atoms with Gasteiger partial charge in [-0.1, -0.05) is 0 Å². The van der Waals surface area contributed by atoms with E-state index in [1.54, 1.807) is 0 Å². The number of aromatic carboxylic acids is 1. The van der Waals surface area contributed by atoms with Gasteiger partial charge in [-0.2, -0.15) is 0 Å². The molecule has 1 N–H and O–H groups in total. The summed E-state index contributed by atoms with van der Waals surface area (Å²) in [4.78, 5) is 16.5. The van der Waals surface area contributed by atoms with Gasteiger partial charge in [0.2, 0.25) is 0 Å². The van der Waals surface area contributed by atoms with Crippen LogP contribution in [0, 0.1) is 6.92 Å². The van der Waals surface area contributed by atoms with Crippen LogP contribution in [0.2, 0.25) is 0 Å². The second kappa shape index (κ2) is 5.07. The van der Waals surface area contributed by atoms with E-state index in [0.717, 1.165) is 36.5 Å². The molecule has 5 heteroatoms. The van der Waals surface area contributed by atoms with E-state index < -0.39 is 5.97 Å². The Morgan fingerprint density at radius 1 is 1.53 bits per heavy atom. The maximum absolute atomic E-state index is 11.0. The zero-order valence-electron chi connectivity index (χ0n) is 10.7. The fraction of sp³-hybridized carbons (Fsp3) is 0.357. The van der Waals surface area contributed by atoms with Crippen molar-refractivity contribution in [3.63, 3.8) is 0 Å². The van der Waals surface area contributed by atoms with Crippen LogP contribution in [0.3, 0.4) is 0 Å². The van der Waals surface area contributed by atoms with E-state index >= 15 is 0 Å². The Kier molecular flexibility index (Phi) is 3.43. The molecule has 0 aliphatic carbocycles. The number of hydrogen-bond acceptors (Lipinski definition) is 4. The van der Waals surface area contributed by atoms with E-state index in [2.05, 4.69) is 16.3 Å². The molecule has 0 bridgehead atoms. The average Bonchev–Trinajstić information content (AvgIpc) is 2.96. The number of rotatable bonds is 3. The van der Waals surface area contributed by atoms with E-state index in [-0.39, 0.29) is 0 Å². The Balaban J connectivity index is 1.74. The van der Waals surface area contributed by atoms with Crippen LogP contribution in [-0.4, -0.2) is 22.5 Å². The summed E-state index contributed by atoms with van der Waals surface area (Å²) in [5.41, 5.74) is 2.59. The molecule has 2 aromatic rings. The van der Waals surface area contributed by atoms with Crippen LogP contribution in [0.5, 0.6) is 0 Å². The molecule has 0 saturated heterocycles. The highest BCUT2D eigenvalue weighted by Gasteiger charge is 2.19. The standard InChI is InChI=1S/C14H15NO2S2/c1-9-11(6-13(19-9)14(16)17)8-15-4-2-12-10(7-15)3-5-18-12/h3,5-6H,2,4,7-8H2,1H3,(H,16,17). The lowest BCUT2D eigenvalue weighted by Gasteiger charge is -2.26. The van der Waals surface area contributed by atoms with Crippen LogP contribution in [0.25, 0.3) is 0 Å². The Morgan fingerprint density at radius 3 is 3.11 bits per heavy atom. The number of hydrogen-bond donors (Lipinski definition) is 1. The van der Waals surface area contributed by atoms with Crippen molar-refractivity contribution in [1.82, 2.24) is 4.90 Å². The van der Waals surface area contributed by atoms with Crippen molar-refractivity contribution in [3.05, 3.63) is 43.3 Å². The van der Waals surface area contributed by atoms with Crippen molar-refractivity contribution >= 4 is 28.6 Å². The van der Waals surface area contributed by atoms with Gasteiger partial charge in [-0.25, -0.2) is 4.79 Å². The first-order valence-corrected chi connectivity index (χ1v) is 7.93. The molecule has 3 rings (SSSR count). The van der Waals surface area contributed by atoms with Gasteiger partial charge < -0.3 is 5.11 Å². The van der Waals surface area contributed by atoms with Gasteiger partial charge in [-0.3, -0.25) is 4.90 Å². The highest BCUT2D eigenvalue weighted by atomic mass is 32.1. The summed E-state index contributed by atoms with van der Waals surface area (Å²) in [6, 6.07) is 4.03. The molecule has 0 radical (unpaired) electrons. The zero-order chi connectivity index (χ0) is 13.4. The monoisotopic (exact) mass is 293 g/mol. The lowest BCUT2D eigenvalue weighted by atomic mass is 10.1. The minimum absolute atomic E-state index is 0.445. The Morgan fingerprint density at radius 2 is 2.37 bits per heavy atom. The Bertz CT molecular complexity index is 615. The number of carboxylic acids is 1. The molecule has 0 atom stereocenters. The van der Waals surface area contributed by atoms with Crippen molar-refractivity contribution in [2.75, 3.05) is 6.54 Å². The summed E-state index contributed by atoms with van der Waals surface area (Å²) < 4.78 is 0. The summed E-state index contributed by atoms with van der Waals surface area (Å²) >= 11 is 3.22. The highest BCUT2D eigenvalue weighted by molar-refractivity contribution is 7.14. The van der Waals surface area contributed by atoms with Gasteiger partial charge in [0, 0.05) is 29.4 Å². The van der Waals surface area contributed by atoms with Gasteiger partial charge in [-0.05, 0) is 42.0 Å². The second-order valence-corrected chi connectivity index (χ2v) is 7.08. The third-order valence-electron chi connectivity index (χ3n) is 3.51. The molecule has 3 heterocycles. The van der Waals surface area contributed by atoms with Crippen molar-refractivity contribution in [2.45, 2.75) is 26.4 Å². The van der Waals surface area contributed by atoms with Crippen LogP contribution >= 0.6 is 22.7 Å². The van der Waals surface area contributed by atoms with Gasteiger partial charge >= 0.3 is 5.97 Å². The number of carboxylic acid groups (broad SMARTS) is 1. The first-order valence-electron chi connectivity index (χ1n) is 6.23. The van der Waals surface area contributed by atoms with Crippen LogP contribution in [0.1, 0.15) is 30.6 Å². The van der Waals surface area contributed by atoms with Gasteiger partial charge in [0.1, 0.15) is 4.88 Å². The normalized spacial score (nSPS) is 15.4. The van der Waals surface area contributed by atoms with E-state index in [1.165, 1.54) is 21.8 Å². The first-order chi connectivity index (χ1) is 9.13. The maximum Gasteiger partial charge on any atom is 0.345 e. The molecule has 0 amide bonds. The number of aryl methyl sites for hydroxylation is 1. The van der Waals surface area contributed by atoms with Gasteiger partial charge in [0.15, 0.2) is 0 Å². The van der Waals surface area contributed by atoms with Crippen molar-refractivity contribution in [3.8, 4) is 0 Å². The molecule has 0 aromatic carbocycles. The van der Waals surface area contributed by atoms with Gasteiger partial charge in [0.25, 0.3) is 0 Å². The smallest absolute Gasteiger partial charge is 0.345 e. The number of fused-ring (bicyclic) bond motifs is 1. The van der Waals surface area contributed by atoms with E-state index in [0.29, 0.717) is 4.88 Å². The molecular weight excluding hydrogens is 278 g/mol. The van der Waals surface area contributed by atoms with Crippen LogP contribution in [0.4, 0.5) is 0 Å². The minimum Gasteiger partial charge on any atom is -0.477 e. The van der Waals surface area contributed by atoms with Crippen LogP contribution < -0.4 is 0 Å². The van der Waals surface area contributed by atoms with E-state index in [9.17, 15) is 4.79 Å². The molecule has 0 saturated carbocycles. The number of thiophene rings is 2. The Hall–Kier alpha value is -1.17. The SMILES string of the molecule is Cc1sc(C(=O)O)cc1CN1CCc2sccc2C1. The Labute approximate surface area is 120 Å². The first kappa shape index (κ1) is 12.8. The summed E-state index contributed by atoms with van der Waals surface area (Å²) in [5, 5.41) is 11.2. The van der Waals surface area contributed by atoms with Crippen LogP contribution in [-0.2, 0) is 19.5 Å². The topological polar surface area (TPSA) is 40.5 Å². The number of carbonyl (C=O) groups is 1. The predicted octanol–water partition coefficient (Wildman–Crippen LogP) is 3.37. The lowest BCUT2D eigenvalue weighted by Crippen LogP contribution is -2.29. The predicted molar refractivity (Wildman–Crippen MR) is 78.2 cm³/mol. The highest BCUT2D eigenvalue weighted by Crippen LogP contribution is 2.27. The molecule has 0 spiro atoms. The fourth-order valence-electron chi connectivity index (χ4n) is 2.46. The zero-order valence-corrected chi connectivity index (χ0v) is 12.3. The quantitative estimate of drug-likeness (QED) is 0.943. The summed E-state index contributed by atoms with van der Waals surface area (Å²) in [6.07, 6.45) is 1.11. The molecule has 1 aliphatic rings. The van der Waals surface area contributed by atoms with Crippen molar-refractivity contribution in [1.29, 1.82) is 0 Å². The molecule has 0 fully saturated rings. The third kappa shape index (κ3) is 2.59. The molecule has 19 heavy (non-hydrogen) atoms. The van der Waals surface area contributed by atoms with E-state index in [4.69, 9.17) is 5.11 Å². The summed E-state index contributed by atoms with van der Waals surface area (Å²) in [5.74, 6) is -0.821. The van der Waals surface area contributed by atoms with Crippen molar-refractivity contribution < 1.29 is 9.90 Å². The molecular formula is C14H15NO2S2. The number of nitrogens with zero attached hydrogens (tertiary/aromatic N) is 1. The molecule has 3 nitrogen and oxygen atoms in total. The van der Waals surface area contributed by atoms with Gasteiger partial charge in [-0.15, -0.1) is 22.7 Å². The van der Waals surface area contributed by atoms with Gasteiger partial charge in [0.05, 0.1) is 0 Å². The summed E-state index contributed by atoms with van der Waals surface area (Å²) in [6.45, 7) is 4.90.